The Balaban J connectivity index is 1.34. The summed E-state index contributed by atoms with van der Waals surface area (Å²) in [4.78, 5) is 70.1. The summed E-state index contributed by atoms with van der Waals surface area (Å²) >= 11 is 0. The molecule has 1 aromatic carbocycles. The van der Waals surface area contributed by atoms with E-state index in [-0.39, 0.29) is 41.4 Å². The van der Waals surface area contributed by atoms with E-state index in [2.05, 4.69) is 34.8 Å². The van der Waals surface area contributed by atoms with Gasteiger partial charge in [-0.3, -0.25) is 24.0 Å². The molecule has 3 heterocycles. The Kier molecular flexibility index (Phi) is 7.56. The Bertz CT molecular complexity index is 1350. The summed E-state index contributed by atoms with van der Waals surface area (Å²) in [6.07, 6.45) is 1.08. The van der Waals surface area contributed by atoms with Crippen molar-refractivity contribution >= 4 is 40.4 Å². The van der Waals surface area contributed by atoms with Crippen molar-refractivity contribution < 1.29 is 24.0 Å². The number of hydrogen-bond acceptors (Lipinski definition) is 5. The Morgan fingerprint density at radius 2 is 1.85 bits per heavy atom. The topological polar surface area (TPSA) is 166 Å². The summed E-state index contributed by atoms with van der Waals surface area (Å²) in [6, 6.07) is 6.63. The summed E-state index contributed by atoms with van der Waals surface area (Å²) in [5, 5.41) is 9.31. The van der Waals surface area contributed by atoms with E-state index < -0.39 is 41.8 Å². The quantitative estimate of drug-likeness (QED) is 0.293. The Hall–Kier alpha value is -3.89. The molecule has 5 amide bonds. The van der Waals surface area contributed by atoms with Crippen LogP contribution >= 0.6 is 0 Å². The number of aromatic nitrogens is 1. The van der Waals surface area contributed by atoms with E-state index in [0.717, 1.165) is 10.9 Å². The van der Waals surface area contributed by atoms with Gasteiger partial charge in [0.1, 0.15) is 23.8 Å². The number of benzene rings is 1. The number of nitrogens with zero attached hydrogens (tertiary/aromatic N) is 1. The molecule has 1 aliphatic carbocycles. The van der Waals surface area contributed by atoms with Crippen molar-refractivity contribution in [1.82, 2.24) is 25.8 Å². The van der Waals surface area contributed by atoms with Crippen molar-refractivity contribution in [3.8, 4) is 0 Å². The molecule has 0 bridgehead atoms. The van der Waals surface area contributed by atoms with Gasteiger partial charge in [0.15, 0.2) is 0 Å². The van der Waals surface area contributed by atoms with Crippen molar-refractivity contribution in [3.05, 3.63) is 36.0 Å². The van der Waals surface area contributed by atoms with E-state index in [1.54, 1.807) is 11.0 Å². The lowest BCUT2D eigenvalue weighted by molar-refractivity contribution is -0.142. The number of hydrogen-bond donors (Lipinski definition) is 5. The maximum absolute atomic E-state index is 14.0. The van der Waals surface area contributed by atoms with Gasteiger partial charge in [-0.25, -0.2) is 0 Å². The number of likely N-dealkylation sites (tertiary alicyclic amines) is 1. The van der Waals surface area contributed by atoms with Crippen molar-refractivity contribution in [2.24, 2.45) is 34.8 Å². The van der Waals surface area contributed by atoms with Crippen LogP contribution in [0.15, 0.2) is 30.3 Å². The summed E-state index contributed by atoms with van der Waals surface area (Å²) in [5.41, 5.74) is 6.66. The molecular formula is C30H40N6O5. The SMILES string of the molecule is CC(C)C[C@H](NC(=O)c1cc2ccccc2[nH]1)C(=O)N1C[C@H]2[C@@H]([C@H]1C(=O)N[C@@H](C[C@@H]1CCNC1=O)C(N)=O)C2(C)C. The highest BCUT2D eigenvalue weighted by molar-refractivity contribution is 6.01. The van der Waals surface area contributed by atoms with E-state index in [4.69, 9.17) is 5.73 Å². The molecular weight excluding hydrogens is 524 g/mol. The molecule has 11 nitrogen and oxygen atoms in total. The van der Waals surface area contributed by atoms with Crippen LogP contribution in [0.1, 0.15) is 57.4 Å². The van der Waals surface area contributed by atoms with E-state index in [9.17, 15) is 24.0 Å². The second-order valence-electron chi connectivity index (χ2n) is 12.8. The van der Waals surface area contributed by atoms with Crippen molar-refractivity contribution in [2.75, 3.05) is 13.1 Å². The lowest BCUT2D eigenvalue weighted by Crippen LogP contribution is -2.58. The van der Waals surface area contributed by atoms with Crippen molar-refractivity contribution in [1.29, 1.82) is 0 Å². The Morgan fingerprint density at radius 1 is 1.12 bits per heavy atom. The van der Waals surface area contributed by atoms with Crippen molar-refractivity contribution in [2.45, 2.75) is 65.1 Å². The molecule has 1 saturated carbocycles. The number of primary amides is 1. The normalized spacial score (nSPS) is 25.9. The Labute approximate surface area is 239 Å². The first-order chi connectivity index (χ1) is 19.4. The number of amides is 5. The first-order valence-corrected chi connectivity index (χ1v) is 14.4. The molecule has 220 valence electrons. The van der Waals surface area contributed by atoms with Crippen LogP contribution in [0.3, 0.4) is 0 Å². The number of nitrogens with two attached hydrogens (primary N) is 1. The minimum Gasteiger partial charge on any atom is -0.368 e. The van der Waals surface area contributed by atoms with Gasteiger partial charge in [-0.05, 0) is 54.6 Å². The number of piperidine rings is 1. The second kappa shape index (κ2) is 10.8. The molecule has 1 aromatic heterocycles. The van der Waals surface area contributed by atoms with Gasteiger partial charge >= 0.3 is 0 Å². The first kappa shape index (κ1) is 28.6. The zero-order valence-electron chi connectivity index (χ0n) is 24.0. The largest absolute Gasteiger partial charge is 0.368 e. The molecule has 0 unspecified atom stereocenters. The van der Waals surface area contributed by atoms with Gasteiger partial charge in [0.2, 0.25) is 23.6 Å². The predicted molar refractivity (Wildman–Crippen MR) is 152 cm³/mol. The van der Waals surface area contributed by atoms with Gasteiger partial charge < -0.3 is 31.6 Å². The number of fused-ring (bicyclic) bond motifs is 2. The number of H-pyrrole nitrogens is 1. The van der Waals surface area contributed by atoms with Crippen LogP contribution in [0, 0.1) is 29.1 Å². The molecule has 0 spiro atoms. The monoisotopic (exact) mass is 564 g/mol. The molecule has 3 aliphatic rings. The highest BCUT2D eigenvalue weighted by Crippen LogP contribution is 2.65. The van der Waals surface area contributed by atoms with E-state index in [0.29, 0.717) is 31.6 Å². The van der Waals surface area contributed by atoms with Gasteiger partial charge in [-0.15, -0.1) is 0 Å². The fraction of sp³-hybridized carbons (Fsp3) is 0.567. The molecule has 5 rings (SSSR count). The minimum atomic E-state index is -1.03. The van der Waals surface area contributed by atoms with Crippen LogP contribution in [0.5, 0.6) is 0 Å². The fourth-order valence-corrected chi connectivity index (χ4v) is 6.80. The van der Waals surface area contributed by atoms with Crippen LogP contribution < -0.4 is 21.7 Å². The highest BCUT2D eigenvalue weighted by Gasteiger charge is 2.69. The highest BCUT2D eigenvalue weighted by atomic mass is 16.2. The molecule has 2 saturated heterocycles. The van der Waals surface area contributed by atoms with Crippen molar-refractivity contribution in [3.63, 3.8) is 0 Å². The molecule has 0 radical (unpaired) electrons. The van der Waals surface area contributed by atoms with Crippen LogP contribution in [-0.4, -0.2) is 70.6 Å². The first-order valence-electron chi connectivity index (χ1n) is 14.4. The standard InChI is InChI=1S/C30H40N6O5/c1-15(2)11-22(35-27(39)21-12-16-7-5-6-8-19(16)33-21)29(41)36-14-18-23(30(18,3)4)24(36)28(40)34-20(25(31)37)13-17-9-10-32-26(17)38/h5-8,12,15,17-18,20,22-24,33H,9-11,13-14H2,1-4H3,(H2,31,37)(H,32,38)(H,34,40)(H,35,39)/t17-,18-,20-,22-,23-,24-/m0/s1. The van der Waals surface area contributed by atoms with Crippen LogP contribution in [0.2, 0.25) is 0 Å². The van der Waals surface area contributed by atoms with Crippen LogP contribution in [0.4, 0.5) is 0 Å². The summed E-state index contributed by atoms with van der Waals surface area (Å²) in [7, 11) is 0. The van der Waals surface area contributed by atoms with E-state index in [1.165, 1.54) is 0 Å². The van der Waals surface area contributed by atoms with Crippen LogP contribution in [0.25, 0.3) is 10.9 Å². The number of nitrogens with one attached hydrogen (secondary N) is 4. The fourth-order valence-electron chi connectivity index (χ4n) is 6.80. The zero-order valence-corrected chi connectivity index (χ0v) is 24.0. The average molecular weight is 565 g/mol. The van der Waals surface area contributed by atoms with Gasteiger partial charge in [0, 0.05) is 29.9 Å². The third kappa shape index (κ3) is 5.54. The molecule has 3 fully saturated rings. The number of carbonyl (C=O) groups excluding carboxylic acids is 5. The van der Waals surface area contributed by atoms with Gasteiger partial charge in [-0.2, -0.15) is 0 Å². The molecule has 2 aliphatic heterocycles. The maximum atomic E-state index is 14.0. The summed E-state index contributed by atoms with van der Waals surface area (Å²) < 4.78 is 0. The molecule has 11 heteroatoms. The third-order valence-corrected chi connectivity index (χ3v) is 9.19. The second-order valence-corrected chi connectivity index (χ2v) is 12.8. The molecule has 6 N–H and O–H groups in total. The average Bonchev–Trinajstić information content (AvgIpc) is 3.42. The van der Waals surface area contributed by atoms with E-state index in [1.807, 2.05) is 38.1 Å². The van der Waals surface area contributed by atoms with Gasteiger partial charge in [0.05, 0.1) is 0 Å². The smallest absolute Gasteiger partial charge is 0.268 e. The summed E-state index contributed by atoms with van der Waals surface area (Å²) in [5.74, 6) is -2.31. The molecule has 2 aromatic rings. The zero-order chi connectivity index (χ0) is 29.6. The molecule has 41 heavy (non-hydrogen) atoms. The van der Waals surface area contributed by atoms with E-state index >= 15 is 0 Å². The van der Waals surface area contributed by atoms with Gasteiger partial charge in [-0.1, -0.05) is 45.9 Å². The lowest BCUT2D eigenvalue weighted by atomic mass is 9.95. The maximum Gasteiger partial charge on any atom is 0.268 e. The summed E-state index contributed by atoms with van der Waals surface area (Å²) in [6.45, 7) is 9.00. The van der Waals surface area contributed by atoms with Crippen LogP contribution in [-0.2, 0) is 19.2 Å². The number of carbonyl (C=O) groups is 5. The third-order valence-electron chi connectivity index (χ3n) is 9.19. The Morgan fingerprint density at radius 3 is 2.49 bits per heavy atom. The predicted octanol–water partition coefficient (Wildman–Crippen LogP) is 1.29. The molecule has 6 atom stereocenters. The van der Waals surface area contributed by atoms with Gasteiger partial charge in [0.25, 0.3) is 5.91 Å². The number of aromatic amines is 1. The lowest BCUT2D eigenvalue weighted by Gasteiger charge is -2.34. The minimum absolute atomic E-state index is 0.0844. The number of para-hydroxylation sites is 1. The number of rotatable bonds is 10.